The molecule has 1 fully saturated rings. The van der Waals surface area contributed by atoms with Crippen LogP contribution in [0.2, 0.25) is 5.02 Å². The zero-order valence-electron chi connectivity index (χ0n) is 16.5. The van der Waals surface area contributed by atoms with Crippen LogP contribution in [-0.4, -0.2) is 30.3 Å². The molecule has 1 aliphatic heterocycles. The highest BCUT2D eigenvalue weighted by Crippen LogP contribution is 2.45. The molecular formula is C22H25ClFNO4. The molecule has 0 radical (unpaired) electrons. The molecule has 0 bridgehead atoms. The van der Waals surface area contributed by atoms with Crippen molar-refractivity contribution in [2.24, 2.45) is 0 Å². The monoisotopic (exact) mass is 421 g/mol. The van der Waals surface area contributed by atoms with Crippen molar-refractivity contribution in [3.8, 4) is 5.75 Å². The Morgan fingerprint density at radius 3 is 2.62 bits per heavy atom. The van der Waals surface area contributed by atoms with E-state index >= 15 is 0 Å². The van der Waals surface area contributed by atoms with Gasteiger partial charge in [0.05, 0.1) is 25.9 Å². The Labute approximate surface area is 174 Å². The quantitative estimate of drug-likeness (QED) is 0.728. The number of carbonyl (C=O) groups is 1. The van der Waals surface area contributed by atoms with Crippen LogP contribution < -0.4 is 10.1 Å². The summed E-state index contributed by atoms with van der Waals surface area (Å²) < 4.78 is 26.3. The Balaban J connectivity index is 1.95. The molecule has 0 saturated carbocycles. The van der Waals surface area contributed by atoms with Crippen LogP contribution >= 0.6 is 11.6 Å². The second-order valence-corrected chi connectivity index (χ2v) is 7.96. The Hall–Kier alpha value is -2.15. The molecule has 29 heavy (non-hydrogen) atoms. The molecule has 1 amide bonds. The number of ether oxygens (including phenoxy) is 2. The number of rotatable bonds is 6. The van der Waals surface area contributed by atoms with Crippen LogP contribution in [0, 0.1) is 5.82 Å². The first-order valence-corrected chi connectivity index (χ1v) is 9.88. The molecule has 0 aliphatic carbocycles. The summed E-state index contributed by atoms with van der Waals surface area (Å²) >= 11 is 6.00. The highest BCUT2D eigenvalue weighted by atomic mass is 35.5. The fourth-order valence-electron chi connectivity index (χ4n) is 3.79. The van der Waals surface area contributed by atoms with Crippen molar-refractivity contribution in [1.29, 1.82) is 0 Å². The average molecular weight is 422 g/mol. The fourth-order valence-corrected chi connectivity index (χ4v) is 3.92. The first-order chi connectivity index (χ1) is 13.8. The number of benzene rings is 2. The Bertz CT molecular complexity index is 860. The van der Waals surface area contributed by atoms with Crippen molar-refractivity contribution >= 4 is 17.5 Å². The van der Waals surface area contributed by atoms with Crippen LogP contribution in [0.5, 0.6) is 5.75 Å². The smallest absolute Gasteiger partial charge is 0.222 e. The van der Waals surface area contributed by atoms with Gasteiger partial charge in [-0.2, -0.15) is 0 Å². The lowest BCUT2D eigenvalue weighted by molar-refractivity contribution is -0.129. The number of hydrogen-bond donors (Lipinski definition) is 2. The number of hydrogen-bond acceptors (Lipinski definition) is 4. The summed E-state index contributed by atoms with van der Waals surface area (Å²) in [5.41, 5.74) is 0.630. The van der Waals surface area contributed by atoms with Crippen molar-refractivity contribution in [1.82, 2.24) is 5.32 Å². The fraction of sp³-hybridized carbons (Fsp3) is 0.409. The predicted octanol–water partition coefficient (Wildman–Crippen LogP) is 4.34. The largest absolute Gasteiger partial charge is 0.494 e. The third-order valence-corrected chi connectivity index (χ3v) is 5.43. The molecule has 0 spiro atoms. The van der Waals surface area contributed by atoms with Gasteiger partial charge in [0, 0.05) is 35.4 Å². The van der Waals surface area contributed by atoms with E-state index in [0.717, 1.165) is 5.56 Å². The molecule has 0 aromatic heterocycles. The van der Waals surface area contributed by atoms with E-state index in [-0.39, 0.29) is 30.8 Å². The Kier molecular flexibility index (Phi) is 6.77. The Morgan fingerprint density at radius 1 is 1.28 bits per heavy atom. The second-order valence-electron chi connectivity index (χ2n) is 7.52. The van der Waals surface area contributed by atoms with Crippen molar-refractivity contribution in [3.05, 3.63) is 64.4 Å². The van der Waals surface area contributed by atoms with Gasteiger partial charge in [0.2, 0.25) is 5.91 Å². The van der Waals surface area contributed by atoms with E-state index in [1.54, 1.807) is 30.3 Å². The molecule has 2 aromatic rings. The normalized spacial score (nSPS) is 24.2. The number of aliphatic hydroxyl groups is 1. The van der Waals surface area contributed by atoms with E-state index in [0.29, 0.717) is 23.4 Å². The third-order valence-electron chi connectivity index (χ3n) is 5.18. The minimum atomic E-state index is -0.644. The van der Waals surface area contributed by atoms with Crippen molar-refractivity contribution in [2.75, 3.05) is 13.7 Å². The predicted molar refractivity (Wildman–Crippen MR) is 108 cm³/mol. The molecule has 1 saturated heterocycles. The number of aliphatic hydroxyl groups excluding tert-OH is 1. The van der Waals surface area contributed by atoms with Crippen LogP contribution in [0.4, 0.5) is 4.39 Å². The first kappa shape index (κ1) is 21.6. The van der Waals surface area contributed by atoms with E-state index in [9.17, 15) is 9.18 Å². The van der Waals surface area contributed by atoms with Crippen LogP contribution in [0.3, 0.4) is 0 Å². The van der Waals surface area contributed by atoms with Gasteiger partial charge >= 0.3 is 0 Å². The van der Waals surface area contributed by atoms with Gasteiger partial charge in [-0.1, -0.05) is 35.9 Å². The molecule has 3 atom stereocenters. The van der Waals surface area contributed by atoms with Gasteiger partial charge in [0.1, 0.15) is 0 Å². The summed E-state index contributed by atoms with van der Waals surface area (Å²) in [4.78, 5) is 12.2. The Morgan fingerprint density at radius 2 is 1.97 bits per heavy atom. The maximum atomic E-state index is 14.9. The van der Waals surface area contributed by atoms with Crippen LogP contribution in [0.1, 0.15) is 49.5 Å². The molecule has 156 valence electrons. The zero-order chi connectivity index (χ0) is 21.0. The van der Waals surface area contributed by atoms with Gasteiger partial charge in [-0.25, -0.2) is 4.39 Å². The molecule has 1 heterocycles. The summed E-state index contributed by atoms with van der Waals surface area (Å²) in [5, 5.41) is 12.7. The van der Waals surface area contributed by atoms with Gasteiger partial charge in [-0.15, -0.1) is 0 Å². The van der Waals surface area contributed by atoms with Gasteiger partial charge in [0.15, 0.2) is 11.6 Å². The SMILES string of the molecule is COc1cccc([C@H]2C[C@@](C)(NC(=O)CCO)C[C@@H](c3ccc(Cl)cc3)O2)c1F. The average Bonchev–Trinajstić information content (AvgIpc) is 2.68. The van der Waals surface area contributed by atoms with Gasteiger partial charge in [0.25, 0.3) is 0 Å². The zero-order valence-corrected chi connectivity index (χ0v) is 17.2. The molecule has 2 N–H and O–H groups in total. The van der Waals surface area contributed by atoms with Gasteiger partial charge < -0.3 is 19.9 Å². The molecule has 5 nitrogen and oxygen atoms in total. The second kappa shape index (κ2) is 9.11. The molecule has 7 heteroatoms. The van der Waals surface area contributed by atoms with E-state index < -0.39 is 17.5 Å². The minimum absolute atomic E-state index is 0.0141. The van der Waals surface area contributed by atoms with Gasteiger partial charge in [-0.3, -0.25) is 4.79 Å². The molecule has 1 aliphatic rings. The van der Waals surface area contributed by atoms with Crippen LogP contribution in [0.15, 0.2) is 42.5 Å². The number of halogens is 2. The number of carbonyl (C=O) groups excluding carboxylic acids is 1. The topological polar surface area (TPSA) is 67.8 Å². The molecule has 0 unspecified atom stereocenters. The summed E-state index contributed by atoms with van der Waals surface area (Å²) in [7, 11) is 1.42. The van der Waals surface area contributed by atoms with Crippen LogP contribution in [-0.2, 0) is 9.53 Å². The molecular weight excluding hydrogens is 397 g/mol. The minimum Gasteiger partial charge on any atom is -0.494 e. The summed E-state index contributed by atoms with van der Waals surface area (Å²) in [5.74, 6) is -0.580. The molecule has 2 aromatic carbocycles. The lowest BCUT2D eigenvalue weighted by atomic mass is 9.81. The number of methoxy groups -OCH3 is 1. The summed E-state index contributed by atoms with van der Waals surface area (Å²) in [6.45, 7) is 1.69. The summed E-state index contributed by atoms with van der Waals surface area (Å²) in [6.07, 6.45) is -0.0399. The van der Waals surface area contributed by atoms with Crippen molar-refractivity contribution in [3.63, 3.8) is 0 Å². The third kappa shape index (κ3) is 5.07. The number of amides is 1. The maximum absolute atomic E-state index is 14.9. The van der Waals surface area contributed by atoms with E-state index in [4.69, 9.17) is 26.2 Å². The maximum Gasteiger partial charge on any atom is 0.222 e. The number of nitrogens with one attached hydrogen (secondary N) is 1. The van der Waals surface area contributed by atoms with E-state index in [1.807, 2.05) is 19.1 Å². The van der Waals surface area contributed by atoms with Crippen molar-refractivity contribution in [2.45, 2.75) is 43.9 Å². The van der Waals surface area contributed by atoms with E-state index in [1.165, 1.54) is 7.11 Å². The first-order valence-electron chi connectivity index (χ1n) is 9.50. The lowest BCUT2D eigenvalue weighted by Crippen LogP contribution is -2.51. The van der Waals surface area contributed by atoms with Crippen molar-refractivity contribution < 1.29 is 23.8 Å². The lowest BCUT2D eigenvalue weighted by Gasteiger charge is -2.43. The van der Waals surface area contributed by atoms with Gasteiger partial charge in [-0.05, 0) is 30.7 Å². The standard InChI is InChI=1S/C22H25ClFNO4/c1-22(25-20(27)10-11-26)12-18(14-6-8-15(23)9-7-14)29-19(13-22)16-4-3-5-17(28-2)21(16)24/h3-9,18-19,26H,10-13H2,1-2H3,(H,25,27)/t18-,19+,22-/m0/s1. The summed E-state index contributed by atoms with van der Waals surface area (Å²) in [6, 6.07) is 12.2. The molecule has 3 rings (SSSR count). The van der Waals surface area contributed by atoms with E-state index in [2.05, 4.69) is 5.32 Å². The highest BCUT2D eigenvalue weighted by Gasteiger charge is 2.41. The highest BCUT2D eigenvalue weighted by molar-refractivity contribution is 6.30. The van der Waals surface area contributed by atoms with Crippen LogP contribution in [0.25, 0.3) is 0 Å².